The van der Waals surface area contributed by atoms with Gasteiger partial charge in [0.2, 0.25) is 0 Å². The molecule has 0 aliphatic carbocycles. The SMILES string of the molecule is O=S(=O)(O)CC[SeH]. The zero-order chi connectivity index (χ0) is 5.91. The Morgan fingerprint density at radius 2 is 2.00 bits per heavy atom. The van der Waals surface area contributed by atoms with Gasteiger partial charge in [-0.15, -0.1) is 0 Å². The summed E-state index contributed by atoms with van der Waals surface area (Å²) in [5.41, 5.74) is 0. The molecule has 0 saturated carbocycles. The Balaban J connectivity index is 3.60. The third-order valence-corrected chi connectivity index (χ3v) is 2.20. The van der Waals surface area contributed by atoms with Crippen LogP contribution in [-0.4, -0.2) is 34.7 Å². The van der Waals surface area contributed by atoms with Crippen molar-refractivity contribution in [2.24, 2.45) is 0 Å². The molecule has 0 fully saturated rings. The Kier molecular flexibility index (Phi) is 2.83. The number of hydrogen-bond acceptors (Lipinski definition) is 2. The monoisotopic (exact) mass is 190 g/mol. The molecule has 0 bridgehead atoms. The van der Waals surface area contributed by atoms with Crippen LogP contribution in [-0.2, 0) is 10.1 Å². The van der Waals surface area contributed by atoms with Crippen molar-refractivity contribution in [2.75, 3.05) is 5.75 Å². The topological polar surface area (TPSA) is 54.4 Å². The summed E-state index contributed by atoms with van der Waals surface area (Å²) in [7, 11) is -3.69. The van der Waals surface area contributed by atoms with Gasteiger partial charge in [0.15, 0.2) is 0 Å². The molecule has 0 spiro atoms. The molecule has 0 rings (SSSR count). The van der Waals surface area contributed by atoms with E-state index < -0.39 is 10.1 Å². The maximum absolute atomic E-state index is 9.78. The van der Waals surface area contributed by atoms with Gasteiger partial charge in [-0.05, 0) is 0 Å². The quantitative estimate of drug-likeness (QED) is 0.456. The maximum atomic E-state index is 9.78. The Morgan fingerprint density at radius 1 is 1.57 bits per heavy atom. The van der Waals surface area contributed by atoms with E-state index in [4.69, 9.17) is 4.55 Å². The van der Waals surface area contributed by atoms with E-state index in [0.29, 0.717) is 5.32 Å². The molecule has 0 aromatic carbocycles. The molecule has 0 radical (unpaired) electrons. The fourth-order valence-corrected chi connectivity index (χ4v) is 1.80. The van der Waals surface area contributed by atoms with Gasteiger partial charge in [0, 0.05) is 0 Å². The van der Waals surface area contributed by atoms with Gasteiger partial charge < -0.3 is 0 Å². The Morgan fingerprint density at radius 3 is 2.00 bits per heavy atom. The summed E-state index contributed by atoms with van der Waals surface area (Å²) in [6, 6.07) is 0. The molecule has 0 amide bonds. The summed E-state index contributed by atoms with van der Waals surface area (Å²) in [4.78, 5) is 0. The van der Waals surface area contributed by atoms with E-state index in [-0.39, 0.29) is 5.75 Å². The van der Waals surface area contributed by atoms with Crippen LogP contribution in [0.5, 0.6) is 0 Å². The first-order chi connectivity index (χ1) is 3.06. The molecule has 44 valence electrons. The molecule has 0 aliphatic rings. The van der Waals surface area contributed by atoms with Gasteiger partial charge in [-0.2, -0.15) is 0 Å². The van der Waals surface area contributed by atoms with Crippen LogP contribution >= 0.6 is 0 Å². The van der Waals surface area contributed by atoms with Crippen molar-refractivity contribution in [1.29, 1.82) is 0 Å². The number of hydrogen-bond donors (Lipinski definition) is 1. The Bertz CT molecular complexity index is 126. The summed E-state index contributed by atoms with van der Waals surface area (Å²) in [6.45, 7) is 0. The Labute approximate surface area is 50.7 Å². The molecule has 0 atom stereocenters. The molecule has 7 heavy (non-hydrogen) atoms. The van der Waals surface area contributed by atoms with Gasteiger partial charge in [0.25, 0.3) is 0 Å². The van der Waals surface area contributed by atoms with Crippen molar-refractivity contribution in [2.45, 2.75) is 5.32 Å². The third kappa shape index (κ3) is 6.43. The van der Waals surface area contributed by atoms with Crippen molar-refractivity contribution >= 4 is 26.1 Å². The van der Waals surface area contributed by atoms with Crippen molar-refractivity contribution in [3.05, 3.63) is 0 Å². The van der Waals surface area contributed by atoms with E-state index in [0.717, 1.165) is 0 Å². The first-order valence-corrected chi connectivity index (χ1v) is 4.56. The fourth-order valence-electron chi connectivity index (χ4n) is 0.115. The van der Waals surface area contributed by atoms with Gasteiger partial charge in [0.05, 0.1) is 0 Å². The van der Waals surface area contributed by atoms with Gasteiger partial charge in [-0.25, -0.2) is 0 Å². The average Bonchev–Trinajstić information content (AvgIpc) is 1.30. The van der Waals surface area contributed by atoms with Crippen molar-refractivity contribution < 1.29 is 13.0 Å². The van der Waals surface area contributed by atoms with E-state index in [1.54, 1.807) is 0 Å². The standard InChI is InChI=1S/C2H6O3SSe/c3-6(4,5)1-2-7/h7H,1-2H2,(H,3,4,5). The minimum atomic E-state index is -3.69. The van der Waals surface area contributed by atoms with Crippen LogP contribution in [0.3, 0.4) is 0 Å². The third-order valence-electron chi connectivity index (χ3n) is 0.349. The molecule has 3 nitrogen and oxygen atoms in total. The summed E-state index contributed by atoms with van der Waals surface area (Å²) in [6.07, 6.45) is 0. The van der Waals surface area contributed by atoms with Crippen LogP contribution in [0.15, 0.2) is 0 Å². The van der Waals surface area contributed by atoms with Crippen LogP contribution in [0, 0.1) is 0 Å². The van der Waals surface area contributed by atoms with Crippen LogP contribution in [0.4, 0.5) is 0 Å². The predicted octanol–water partition coefficient (Wildman–Crippen LogP) is -0.807. The minimum absolute atomic E-state index is 0.160. The van der Waals surface area contributed by atoms with Crippen LogP contribution in [0.1, 0.15) is 0 Å². The first-order valence-electron chi connectivity index (χ1n) is 1.62. The number of rotatable bonds is 2. The second-order valence-electron chi connectivity index (χ2n) is 1.01. The van der Waals surface area contributed by atoms with Crippen LogP contribution in [0.2, 0.25) is 5.32 Å². The second kappa shape index (κ2) is 2.67. The van der Waals surface area contributed by atoms with E-state index >= 15 is 0 Å². The van der Waals surface area contributed by atoms with E-state index in [2.05, 4.69) is 16.0 Å². The molecular formula is C2H6O3SSe. The fraction of sp³-hybridized carbons (Fsp3) is 1.00. The normalized spacial score (nSPS) is 11.7. The summed E-state index contributed by atoms with van der Waals surface area (Å²) < 4.78 is 27.5. The van der Waals surface area contributed by atoms with Crippen molar-refractivity contribution in [3.8, 4) is 0 Å². The summed E-state index contributed by atoms with van der Waals surface area (Å²) >= 11 is 2.07. The molecule has 0 heterocycles. The molecule has 0 aromatic rings. The van der Waals surface area contributed by atoms with E-state index in [1.165, 1.54) is 0 Å². The van der Waals surface area contributed by atoms with Gasteiger partial charge in [0.1, 0.15) is 0 Å². The molecular weight excluding hydrogens is 183 g/mol. The molecule has 0 aromatic heterocycles. The zero-order valence-electron chi connectivity index (χ0n) is 3.53. The molecule has 0 aliphatic heterocycles. The van der Waals surface area contributed by atoms with Gasteiger partial charge in [-0.3, -0.25) is 0 Å². The summed E-state index contributed by atoms with van der Waals surface area (Å²) in [5.74, 6) is -0.160. The molecule has 0 unspecified atom stereocenters. The van der Waals surface area contributed by atoms with Gasteiger partial charge in [-0.1, -0.05) is 0 Å². The zero-order valence-corrected chi connectivity index (χ0v) is 6.23. The summed E-state index contributed by atoms with van der Waals surface area (Å²) in [5, 5.41) is 0.409. The van der Waals surface area contributed by atoms with E-state index in [1.807, 2.05) is 0 Å². The van der Waals surface area contributed by atoms with E-state index in [9.17, 15) is 8.42 Å². The molecule has 5 heteroatoms. The average molecular weight is 189 g/mol. The Hall–Kier alpha value is 0.429. The van der Waals surface area contributed by atoms with Crippen LogP contribution in [0.25, 0.3) is 0 Å². The van der Waals surface area contributed by atoms with Gasteiger partial charge >= 0.3 is 50.2 Å². The molecule has 1 N–H and O–H groups in total. The predicted molar refractivity (Wildman–Crippen MR) is 28.4 cm³/mol. The second-order valence-corrected chi connectivity index (χ2v) is 3.52. The molecule has 0 saturated heterocycles. The first kappa shape index (κ1) is 7.43. The van der Waals surface area contributed by atoms with Crippen molar-refractivity contribution in [3.63, 3.8) is 0 Å². The van der Waals surface area contributed by atoms with Crippen molar-refractivity contribution in [1.82, 2.24) is 0 Å². The van der Waals surface area contributed by atoms with Crippen LogP contribution < -0.4 is 0 Å².